The Balaban J connectivity index is 2.16. The Kier molecular flexibility index (Phi) is 9.24. The van der Waals surface area contributed by atoms with Gasteiger partial charge >= 0.3 is 6.09 Å². The standard InChI is InChI=1S/C18H27N3O4/c1-3-13(2)16(22)21-17(23)15(19)10-7-11-20-18(24)25-12-14-8-5-4-6-9-14/h4-6,8-9,13,15H,3,7,10-12,19H2,1-2H3,(H,20,24)(H,21,22,23)/t13?,15-/m0/s1. The molecule has 138 valence electrons. The second-order valence-corrected chi connectivity index (χ2v) is 5.90. The first-order valence-corrected chi connectivity index (χ1v) is 8.48. The van der Waals surface area contributed by atoms with E-state index in [1.165, 1.54) is 0 Å². The van der Waals surface area contributed by atoms with Crippen molar-refractivity contribution in [2.45, 2.75) is 45.8 Å². The number of hydrogen-bond acceptors (Lipinski definition) is 5. The summed E-state index contributed by atoms with van der Waals surface area (Å²) in [5.74, 6) is -1.03. The van der Waals surface area contributed by atoms with Gasteiger partial charge in [0, 0.05) is 12.5 Å². The van der Waals surface area contributed by atoms with Gasteiger partial charge in [-0.1, -0.05) is 44.2 Å². The minimum absolute atomic E-state index is 0.201. The molecule has 0 aliphatic rings. The third-order valence-corrected chi connectivity index (χ3v) is 3.82. The van der Waals surface area contributed by atoms with Gasteiger partial charge in [-0.3, -0.25) is 14.9 Å². The van der Waals surface area contributed by atoms with Crippen LogP contribution in [0.3, 0.4) is 0 Å². The molecule has 7 nitrogen and oxygen atoms in total. The topological polar surface area (TPSA) is 111 Å². The van der Waals surface area contributed by atoms with Gasteiger partial charge in [-0.15, -0.1) is 0 Å². The number of benzene rings is 1. The summed E-state index contributed by atoms with van der Waals surface area (Å²) in [6, 6.07) is 8.58. The van der Waals surface area contributed by atoms with E-state index in [1.807, 2.05) is 37.3 Å². The first-order valence-electron chi connectivity index (χ1n) is 8.48. The van der Waals surface area contributed by atoms with Crippen molar-refractivity contribution in [1.29, 1.82) is 0 Å². The number of carbonyl (C=O) groups excluding carboxylic acids is 3. The van der Waals surface area contributed by atoms with Crippen molar-refractivity contribution in [2.75, 3.05) is 6.54 Å². The molecule has 2 atom stereocenters. The number of alkyl carbamates (subject to hydrolysis) is 1. The number of nitrogens with two attached hydrogens (primary N) is 1. The van der Waals surface area contributed by atoms with Crippen LogP contribution >= 0.6 is 0 Å². The molecule has 0 radical (unpaired) electrons. The number of amides is 3. The molecule has 25 heavy (non-hydrogen) atoms. The molecule has 0 bridgehead atoms. The molecule has 4 N–H and O–H groups in total. The van der Waals surface area contributed by atoms with Gasteiger partial charge in [0.05, 0.1) is 6.04 Å². The van der Waals surface area contributed by atoms with Crippen LogP contribution in [0.1, 0.15) is 38.7 Å². The van der Waals surface area contributed by atoms with Gasteiger partial charge in [0.25, 0.3) is 0 Å². The third-order valence-electron chi connectivity index (χ3n) is 3.82. The lowest BCUT2D eigenvalue weighted by atomic mass is 10.1. The largest absolute Gasteiger partial charge is 0.445 e. The smallest absolute Gasteiger partial charge is 0.407 e. The molecule has 1 unspecified atom stereocenters. The van der Waals surface area contributed by atoms with Crippen LogP contribution in [0, 0.1) is 5.92 Å². The molecular weight excluding hydrogens is 322 g/mol. The molecule has 1 aromatic carbocycles. The fraction of sp³-hybridized carbons (Fsp3) is 0.500. The molecule has 0 aliphatic carbocycles. The fourth-order valence-corrected chi connectivity index (χ4v) is 1.94. The Morgan fingerprint density at radius 1 is 1.16 bits per heavy atom. The van der Waals surface area contributed by atoms with Crippen LogP contribution in [0.4, 0.5) is 4.79 Å². The molecule has 0 aromatic heterocycles. The second kappa shape index (κ2) is 11.2. The van der Waals surface area contributed by atoms with Crippen LogP contribution in [0.25, 0.3) is 0 Å². The maximum Gasteiger partial charge on any atom is 0.407 e. The number of carbonyl (C=O) groups is 3. The fourth-order valence-electron chi connectivity index (χ4n) is 1.94. The van der Waals surface area contributed by atoms with Gasteiger partial charge in [0.1, 0.15) is 6.61 Å². The molecular formula is C18H27N3O4. The highest BCUT2D eigenvalue weighted by atomic mass is 16.5. The van der Waals surface area contributed by atoms with E-state index in [-0.39, 0.29) is 18.4 Å². The molecule has 0 heterocycles. The quantitative estimate of drug-likeness (QED) is 0.588. The van der Waals surface area contributed by atoms with Gasteiger partial charge in [0.15, 0.2) is 0 Å². The van der Waals surface area contributed by atoms with Crippen molar-refractivity contribution in [3.63, 3.8) is 0 Å². The zero-order chi connectivity index (χ0) is 18.7. The lowest BCUT2D eigenvalue weighted by Gasteiger charge is -2.14. The van der Waals surface area contributed by atoms with E-state index in [0.29, 0.717) is 25.8 Å². The molecule has 0 spiro atoms. The lowest BCUT2D eigenvalue weighted by Crippen LogP contribution is -2.45. The predicted octanol–water partition coefficient (Wildman–Crippen LogP) is 1.71. The number of nitrogens with one attached hydrogen (secondary N) is 2. The maximum absolute atomic E-state index is 11.8. The van der Waals surface area contributed by atoms with E-state index in [9.17, 15) is 14.4 Å². The Morgan fingerprint density at radius 3 is 2.48 bits per heavy atom. The zero-order valence-electron chi connectivity index (χ0n) is 14.8. The highest BCUT2D eigenvalue weighted by Crippen LogP contribution is 2.02. The molecule has 1 rings (SSSR count). The molecule has 0 aliphatic heterocycles. The molecule has 0 fully saturated rings. The van der Waals surface area contributed by atoms with Gasteiger partial charge in [-0.05, 0) is 24.8 Å². The first kappa shape index (κ1) is 20.6. The lowest BCUT2D eigenvalue weighted by molar-refractivity contribution is -0.133. The average Bonchev–Trinajstić information content (AvgIpc) is 2.63. The summed E-state index contributed by atoms with van der Waals surface area (Å²) in [5, 5.41) is 4.90. The van der Waals surface area contributed by atoms with E-state index in [1.54, 1.807) is 6.92 Å². The van der Waals surface area contributed by atoms with Gasteiger partial charge in [-0.2, -0.15) is 0 Å². The Morgan fingerprint density at radius 2 is 1.84 bits per heavy atom. The summed E-state index contributed by atoms with van der Waals surface area (Å²) in [6.45, 7) is 4.16. The van der Waals surface area contributed by atoms with Crippen LogP contribution in [0.2, 0.25) is 0 Å². The van der Waals surface area contributed by atoms with Crippen molar-refractivity contribution in [3.05, 3.63) is 35.9 Å². The van der Waals surface area contributed by atoms with Gasteiger partial charge in [-0.25, -0.2) is 4.79 Å². The average molecular weight is 349 g/mol. The summed E-state index contributed by atoms with van der Waals surface area (Å²) in [7, 11) is 0. The van der Waals surface area contributed by atoms with Crippen LogP contribution < -0.4 is 16.4 Å². The number of hydrogen-bond donors (Lipinski definition) is 3. The highest BCUT2D eigenvalue weighted by molar-refractivity contribution is 5.98. The van der Waals surface area contributed by atoms with E-state index in [2.05, 4.69) is 10.6 Å². The van der Waals surface area contributed by atoms with E-state index in [0.717, 1.165) is 5.56 Å². The van der Waals surface area contributed by atoms with Crippen molar-refractivity contribution < 1.29 is 19.1 Å². The third kappa shape index (κ3) is 8.30. The first-order chi connectivity index (χ1) is 11.9. The van der Waals surface area contributed by atoms with E-state index in [4.69, 9.17) is 10.5 Å². The van der Waals surface area contributed by atoms with E-state index >= 15 is 0 Å². The minimum atomic E-state index is -0.782. The number of rotatable bonds is 9. The number of ether oxygens (including phenoxy) is 1. The normalized spacial score (nSPS) is 12.8. The van der Waals surface area contributed by atoms with Crippen molar-refractivity contribution >= 4 is 17.9 Å². The summed E-state index contributed by atoms with van der Waals surface area (Å²) >= 11 is 0. The van der Waals surface area contributed by atoms with E-state index < -0.39 is 18.0 Å². The van der Waals surface area contributed by atoms with Gasteiger partial charge in [0.2, 0.25) is 11.8 Å². The molecule has 0 saturated heterocycles. The molecule has 1 aromatic rings. The summed E-state index contributed by atoms with van der Waals surface area (Å²) < 4.78 is 5.07. The van der Waals surface area contributed by atoms with Crippen molar-refractivity contribution in [3.8, 4) is 0 Å². The van der Waals surface area contributed by atoms with Gasteiger partial charge < -0.3 is 15.8 Å². The summed E-state index contributed by atoms with van der Waals surface area (Å²) in [4.78, 5) is 35.0. The van der Waals surface area contributed by atoms with Crippen molar-refractivity contribution in [1.82, 2.24) is 10.6 Å². The number of imide groups is 1. The monoisotopic (exact) mass is 349 g/mol. The molecule has 0 saturated carbocycles. The van der Waals surface area contributed by atoms with Crippen LogP contribution in [-0.4, -0.2) is 30.5 Å². The highest BCUT2D eigenvalue weighted by Gasteiger charge is 2.18. The Hall–Kier alpha value is -2.41. The Bertz CT molecular complexity index is 563. The van der Waals surface area contributed by atoms with Crippen molar-refractivity contribution in [2.24, 2.45) is 11.7 Å². The second-order valence-electron chi connectivity index (χ2n) is 5.90. The minimum Gasteiger partial charge on any atom is -0.445 e. The van der Waals surface area contributed by atoms with Crippen LogP contribution in [0.15, 0.2) is 30.3 Å². The summed E-state index contributed by atoms with van der Waals surface area (Å²) in [5.41, 5.74) is 6.66. The zero-order valence-corrected chi connectivity index (χ0v) is 14.8. The molecule has 7 heteroatoms. The Labute approximate surface area is 148 Å². The maximum atomic E-state index is 11.8. The summed E-state index contributed by atoms with van der Waals surface area (Å²) in [6.07, 6.45) is 1.00. The predicted molar refractivity (Wildman–Crippen MR) is 94.4 cm³/mol. The van der Waals surface area contributed by atoms with Crippen LogP contribution in [0.5, 0.6) is 0 Å². The SMILES string of the molecule is CCC(C)C(=O)NC(=O)[C@@H](N)CCCNC(=O)OCc1ccccc1. The van der Waals surface area contributed by atoms with Crippen LogP contribution in [-0.2, 0) is 20.9 Å². The molecule has 3 amide bonds.